The van der Waals surface area contributed by atoms with E-state index in [1.165, 1.54) is 6.33 Å². The van der Waals surface area contributed by atoms with E-state index in [2.05, 4.69) is 20.6 Å². The zero-order valence-electron chi connectivity index (χ0n) is 12.8. The molecule has 0 atom stereocenters. The first kappa shape index (κ1) is 17.5. The Bertz CT molecular complexity index is 693. The van der Waals surface area contributed by atoms with E-state index >= 15 is 0 Å². The number of aromatic nitrogens is 2. The molecule has 1 heterocycles. The van der Waals surface area contributed by atoms with Gasteiger partial charge in [0, 0.05) is 24.2 Å². The van der Waals surface area contributed by atoms with Gasteiger partial charge in [0.1, 0.15) is 17.8 Å². The summed E-state index contributed by atoms with van der Waals surface area (Å²) in [6.07, 6.45) is 1.33. The van der Waals surface area contributed by atoms with Crippen LogP contribution in [0, 0.1) is 0 Å². The Morgan fingerprint density at radius 3 is 2.70 bits per heavy atom. The molecule has 122 valence electrons. The fourth-order valence-electron chi connectivity index (χ4n) is 1.76. The molecule has 0 fully saturated rings. The molecule has 0 bridgehead atoms. The maximum absolute atomic E-state index is 12.1. The molecular formula is C15H17Cl2N5O. The zero-order chi connectivity index (χ0) is 16.8. The molecule has 23 heavy (non-hydrogen) atoms. The average Bonchev–Trinajstić information content (AvgIpc) is 2.50. The lowest BCUT2D eigenvalue weighted by molar-refractivity contribution is 0.0946. The molecule has 8 heteroatoms. The zero-order valence-corrected chi connectivity index (χ0v) is 14.3. The van der Waals surface area contributed by atoms with E-state index in [9.17, 15) is 4.79 Å². The van der Waals surface area contributed by atoms with Crippen LogP contribution in [0.1, 0.15) is 10.5 Å². The van der Waals surface area contributed by atoms with Crippen LogP contribution in [0.2, 0.25) is 10.0 Å². The van der Waals surface area contributed by atoms with Crippen molar-refractivity contribution in [2.75, 3.05) is 32.5 Å². The highest BCUT2D eigenvalue weighted by molar-refractivity contribution is 6.36. The molecule has 0 aliphatic heterocycles. The van der Waals surface area contributed by atoms with Crippen LogP contribution in [-0.4, -0.2) is 48.0 Å². The normalized spacial score (nSPS) is 10.7. The molecule has 1 amide bonds. The predicted octanol–water partition coefficient (Wildman–Crippen LogP) is 2.82. The van der Waals surface area contributed by atoms with Crippen molar-refractivity contribution >= 4 is 40.6 Å². The molecule has 0 radical (unpaired) electrons. The number of amides is 1. The van der Waals surface area contributed by atoms with Crippen molar-refractivity contribution < 1.29 is 4.79 Å². The van der Waals surface area contributed by atoms with E-state index in [1.807, 2.05) is 19.0 Å². The maximum atomic E-state index is 12.1. The van der Waals surface area contributed by atoms with Crippen molar-refractivity contribution in [3.8, 4) is 0 Å². The standard InChI is InChI=1S/C15H17Cl2N5O/c1-22(2)6-5-18-15(23)13-8-14(20-9-19-13)21-12-4-3-10(16)7-11(12)17/h3-4,7-9H,5-6H2,1-2H3,(H,18,23)(H,19,20,21). The van der Waals surface area contributed by atoms with E-state index in [1.54, 1.807) is 24.3 Å². The number of anilines is 2. The number of carbonyl (C=O) groups excluding carboxylic acids is 1. The first-order valence-corrected chi connectivity index (χ1v) is 7.68. The summed E-state index contributed by atoms with van der Waals surface area (Å²) < 4.78 is 0. The van der Waals surface area contributed by atoms with Crippen LogP contribution in [0.25, 0.3) is 0 Å². The Hall–Kier alpha value is -1.89. The molecule has 2 N–H and O–H groups in total. The quantitative estimate of drug-likeness (QED) is 0.835. The number of benzene rings is 1. The summed E-state index contributed by atoms with van der Waals surface area (Å²) in [6, 6.07) is 6.65. The van der Waals surface area contributed by atoms with Gasteiger partial charge < -0.3 is 15.5 Å². The Morgan fingerprint density at radius 2 is 2.00 bits per heavy atom. The lowest BCUT2D eigenvalue weighted by atomic mass is 10.3. The van der Waals surface area contributed by atoms with Crippen molar-refractivity contribution in [2.24, 2.45) is 0 Å². The molecule has 0 aliphatic rings. The molecule has 0 aliphatic carbocycles. The fraction of sp³-hybridized carbons (Fsp3) is 0.267. The second kappa shape index (κ2) is 8.10. The number of hydrogen-bond acceptors (Lipinski definition) is 5. The van der Waals surface area contributed by atoms with Crippen molar-refractivity contribution in [3.63, 3.8) is 0 Å². The van der Waals surface area contributed by atoms with Gasteiger partial charge in [-0.25, -0.2) is 9.97 Å². The Kier molecular flexibility index (Phi) is 6.15. The summed E-state index contributed by atoms with van der Waals surface area (Å²) in [5, 5.41) is 6.85. The van der Waals surface area contributed by atoms with E-state index < -0.39 is 0 Å². The highest BCUT2D eigenvalue weighted by Gasteiger charge is 2.09. The molecule has 2 aromatic rings. The smallest absolute Gasteiger partial charge is 0.270 e. The average molecular weight is 354 g/mol. The summed E-state index contributed by atoms with van der Waals surface area (Å²) in [6.45, 7) is 1.30. The van der Waals surface area contributed by atoms with Crippen LogP contribution in [0.15, 0.2) is 30.6 Å². The topological polar surface area (TPSA) is 70.2 Å². The van der Waals surface area contributed by atoms with Crippen LogP contribution >= 0.6 is 23.2 Å². The minimum atomic E-state index is -0.250. The number of nitrogens with one attached hydrogen (secondary N) is 2. The number of nitrogens with zero attached hydrogens (tertiary/aromatic N) is 3. The van der Waals surface area contributed by atoms with Gasteiger partial charge in [-0.1, -0.05) is 23.2 Å². The molecule has 1 aromatic heterocycles. The summed E-state index contributed by atoms with van der Waals surface area (Å²) in [5.74, 6) is 0.224. The predicted molar refractivity (Wildman–Crippen MR) is 92.7 cm³/mol. The van der Waals surface area contributed by atoms with Gasteiger partial charge in [-0.05, 0) is 32.3 Å². The molecule has 0 unspecified atom stereocenters. The molecule has 1 aromatic carbocycles. The van der Waals surface area contributed by atoms with Gasteiger partial charge >= 0.3 is 0 Å². The molecule has 0 saturated carbocycles. The van der Waals surface area contributed by atoms with Gasteiger partial charge in [0.05, 0.1) is 10.7 Å². The maximum Gasteiger partial charge on any atom is 0.270 e. The van der Waals surface area contributed by atoms with E-state index in [0.717, 1.165) is 6.54 Å². The third-order valence-electron chi connectivity index (χ3n) is 2.94. The summed E-state index contributed by atoms with van der Waals surface area (Å²) in [7, 11) is 3.88. The Balaban J connectivity index is 2.06. The summed E-state index contributed by atoms with van der Waals surface area (Å²) in [4.78, 5) is 22.1. The lowest BCUT2D eigenvalue weighted by Gasteiger charge is -2.11. The van der Waals surface area contributed by atoms with E-state index in [0.29, 0.717) is 28.1 Å². The third-order valence-corrected chi connectivity index (χ3v) is 3.49. The van der Waals surface area contributed by atoms with Crippen LogP contribution in [0.3, 0.4) is 0 Å². The van der Waals surface area contributed by atoms with Crippen molar-refractivity contribution in [3.05, 3.63) is 46.3 Å². The van der Waals surface area contributed by atoms with Crippen LogP contribution in [0.5, 0.6) is 0 Å². The van der Waals surface area contributed by atoms with Gasteiger partial charge in [-0.15, -0.1) is 0 Å². The van der Waals surface area contributed by atoms with Crippen molar-refractivity contribution in [1.29, 1.82) is 0 Å². The third kappa shape index (κ3) is 5.35. The first-order valence-electron chi connectivity index (χ1n) is 6.93. The number of rotatable bonds is 6. The molecule has 6 nitrogen and oxygen atoms in total. The van der Waals surface area contributed by atoms with Gasteiger partial charge in [-0.3, -0.25) is 4.79 Å². The number of likely N-dealkylation sites (N-methyl/N-ethyl adjacent to an activating group) is 1. The minimum Gasteiger partial charge on any atom is -0.349 e. The summed E-state index contributed by atoms with van der Waals surface area (Å²) in [5.41, 5.74) is 0.931. The first-order chi connectivity index (χ1) is 11.0. The van der Waals surface area contributed by atoms with E-state index in [4.69, 9.17) is 23.2 Å². The highest BCUT2D eigenvalue weighted by Crippen LogP contribution is 2.27. The van der Waals surface area contributed by atoms with E-state index in [-0.39, 0.29) is 11.6 Å². The van der Waals surface area contributed by atoms with Gasteiger partial charge in [0.2, 0.25) is 0 Å². The van der Waals surface area contributed by atoms with Gasteiger partial charge in [0.15, 0.2) is 0 Å². The van der Waals surface area contributed by atoms with Crippen LogP contribution in [0.4, 0.5) is 11.5 Å². The van der Waals surface area contributed by atoms with Crippen LogP contribution < -0.4 is 10.6 Å². The van der Waals surface area contributed by atoms with Gasteiger partial charge in [0.25, 0.3) is 5.91 Å². The summed E-state index contributed by atoms with van der Waals surface area (Å²) >= 11 is 12.0. The SMILES string of the molecule is CN(C)CCNC(=O)c1cc(Nc2ccc(Cl)cc2Cl)ncn1. The molecule has 2 rings (SSSR count). The fourth-order valence-corrected chi connectivity index (χ4v) is 2.22. The second-order valence-corrected chi connectivity index (χ2v) is 5.94. The highest BCUT2D eigenvalue weighted by atomic mass is 35.5. The second-order valence-electron chi connectivity index (χ2n) is 5.10. The van der Waals surface area contributed by atoms with Gasteiger partial charge in [-0.2, -0.15) is 0 Å². The molecule has 0 spiro atoms. The largest absolute Gasteiger partial charge is 0.349 e. The Morgan fingerprint density at radius 1 is 1.22 bits per heavy atom. The molecule has 0 saturated heterocycles. The number of halogens is 2. The number of hydrogen-bond donors (Lipinski definition) is 2. The van der Waals surface area contributed by atoms with Crippen molar-refractivity contribution in [2.45, 2.75) is 0 Å². The minimum absolute atomic E-state index is 0.250. The molecular weight excluding hydrogens is 337 g/mol. The Labute approximate surface area is 144 Å². The monoisotopic (exact) mass is 353 g/mol. The number of carbonyl (C=O) groups is 1. The van der Waals surface area contributed by atoms with Crippen LogP contribution in [-0.2, 0) is 0 Å². The lowest BCUT2D eigenvalue weighted by Crippen LogP contribution is -2.31. The van der Waals surface area contributed by atoms with Crippen molar-refractivity contribution in [1.82, 2.24) is 20.2 Å².